The fraction of sp³-hybridized carbons (Fsp3) is 0.100. The fourth-order valence-electron chi connectivity index (χ4n) is 6.73. The Labute approximate surface area is 256 Å². The third-order valence-corrected chi connectivity index (χ3v) is 8.82. The van der Waals surface area contributed by atoms with Crippen molar-refractivity contribution in [1.82, 2.24) is 14.1 Å². The summed E-state index contributed by atoms with van der Waals surface area (Å²) in [6.45, 7) is 8.59. The van der Waals surface area contributed by atoms with Crippen LogP contribution in [0, 0.1) is 39.0 Å². The summed E-state index contributed by atoms with van der Waals surface area (Å²) in [5, 5.41) is 14.4. The monoisotopic (exact) mass is 566 g/mol. The number of rotatable bonds is 3. The van der Waals surface area contributed by atoms with Crippen LogP contribution in [0.2, 0.25) is 0 Å². The summed E-state index contributed by atoms with van der Waals surface area (Å²) in [5.41, 5.74) is 13.1. The highest BCUT2D eigenvalue weighted by Gasteiger charge is 2.24. The number of nitrogens with zero attached hydrogens (tertiary/aromatic N) is 4. The Morgan fingerprint density at radius 3 is 1.39 bits per heavy atom. The van der Waals surface area contributed by atoms with Crippen LogP contribution in [0.4, 0.5) is 0 Å². The van der Waals surface area contributed by atoms with Gasteiger partial charge in [0.25, 0.3) is 0 Å². The van der Waals surface area contributed by atoms with Crippen LogP contribution in [-0.4, -0.2) is 14.1 Å². The van der Waals surface area contributed by atoms with Gasteiger partial charge in [0.15, 0.2) is 5.82 Å². The van der Waals surface area contributed by atoms with Crippen LogP contribution in [0.25, 0.3) is 66.2 Å². The van der Waals surface area contributed by atoms with Crippen LogP contribution in [-0.2, 0) is 0 Å². The Morgan fingerprint density at radius 1 is 0.523 bits per heavy atom. The first kappa shape index (κ1) is 26.0. The minimum absolute atomic E-state index is 0.640. The van der Waals surface area contributed by atoms with E-state index in [9.17, 15) is 5.26 Å². The topological polar surface area (TPSA) is 46.5 Å². The highest BCUT2D eigenvalue weighted by atomic mass is 15.1. The zero-order valence-corrected chi connectivity index (χ0v) is 25.2. The second kappa shape index (κ2) is 9.69. The van der Waals surface area contributed by atoms with Crippen molar-refractivity contribution < 1.29 is 0 Å². The molecule has 8 aromatic rings. The SMILES string of the molecule is Cc1ccc2c3ccc(C)cc3n(-c3nccc(-c4ccc(C#N)cc4)c3-n3c4cc(C)ccc4c4ccc(C)cc43)c2c1. The lowest BCUT2D eigenvalue weighted by Gasteiger charge is -2.20. The molecular weight excluding hydrogens is 536 g/mol. The van der Waals surface area contributed by atoms with E-state index in [-0.39, 0.29) is 0 Å². The molecule has 0 radical (unpaired) electrons. The van der Waals surface area contributed by atoms with Crippen molar-refractivity contribution in [2.75, 3.05) is 0 Å². The van der Waals surface area contributed by atoms with Crippen molar-refractivity contribution in [1.29, 1.82) is 5.26 Å². The number of benzene rings is 5. The van der Waals surface area contributed by atoms with E-state index in [4.69, 9.17) is 4.98 Å². The minimum atomic E-state index is 0.640. The smallest absolute Gasteiger partial charge is 0.162 e. The van der Waals surface area contributed by atoms with Crippen LogP contribution in [0.5, 0.6) is 0 Å². The Kier molecular flexibility index (Phi) is 5.73. The van der Waals surface area contributed by atoms with Gasteiger partial charge in [-0.3, -0.25) is 4.57 Å². The number of fused-ring (bicyclic) bond motifs is 6. The van der Waals surface area contributed by atoms with Crippen molar-refractivity contribution in [3.8, 4) is 28.7 Å². The van der Waals surface area contributed by atoms with Crippen LogP contribution in [0.15, 0.2) is 109 Å². The standard InChI is InChI=1S/C40H30N4/c1-24-5-13-31-32-14-6-25(2)20-36(32)43(35(31)19-24)39-30(29-11-9-28(23-41)10-12-29)17-18-42-40(39)44-37-21-26(3)7-15-33(37)34-16-8-27(4)22-38(34)44/h5-22H,1-4H3. The number of hydrogen-bond donors (Lipinski definition) is 0. The zero-order valence-electron chi connectivity index (χ0n) is 25.2. The molecule has 0 aliphatic rings. The molecule has 0 saturated carbocycles. The van der Waals surface area contributed by atoms with E-state index in [0.717, 1.165) is 44.7 Å². The minimum Gasteiger partial charge on any atom is -0.305 e. The summed E-state index contributed by atoms with van der Waals surface area (Å²) in [4.78, 5) is 5.20. The molecule has 3 aromatic heterocycles. The zero-order chi connectivity index (χ0) is 30.1. The van der Waals surface area contributed by atoms with Gasteiger partial charge >= 0.3 is 0 Å². The number of hydrogen-bond acceptors (Lipinski definition) is 2. The van der Waals surface area contributed by atoms with Crippen molar-refractivity contribution >= 4 is 43.6 Å². The summed E-state index contributed by atoms with van der Waals surface area (Å²) < 4.78 is 4.75. The molecule has 0 amide bonds. The molecule has 0 bridgehead atoms. The molecule has 0 unspecified atom stereocenters. The maximum atomic E-state index is 9.54. The first-order valence-electron chi connectivity index (χ1n) is 14.9. The van der Waals surface area contributed by atoms with E-state index in [0.29, 0.717) is 5.56 Å². The van der Waals surface area contributed by atoms with E-state index in [2.05, 4.69) is 122 Å². The number of pyridine rings is 1. The molecule has 0 aliphatic heterocycles. The predicted molar refractivity (Wildman–Crippen MR) is 182 cm³/mol. The third-order valence-electron chi connectivity index (χ3n) is 8.82. The molecule has 44 heavy (non-hydrogen) atoms. The van der Waals surface area contributed by atoms with E-state index in [1.807, 2.05) is 30.5 Å². The first-order chi connectivity index (χ1) is 21.4. The van der Waals surface area contributed by atoms with Gasteiger partial charge in [-0.05, 0) is 98.0 Å². The van der Waals surface area contributed by atoms with Gasteiger partial charge in [-0.25, -0.2) is 4.98 Å². The molecule has 5 aromatic carbocycles. The van der Waals surface area contributed by atoms with Crippen molar-refractivity contribution in [3.63, 3.8) is 0 Å². The molecule has 210 valence electrons. The Morgan fingerprint density at radius 2 is 0.955 bits per heavy atom. The van der Waals surface area contributed by atoms with E-state index >= 15 is 0 Å². The molecule has 3 heterocycles. The number of aromatic nitrogens is 3. The number of aryl methyl sites for hydroxylation is 4. The predicted octanol–water partition coefficient (Wildman–Crippen LogP) is 10.0. The molecule has 4 nitrogen and oxygen atoms in total. The Hall–Kier alpha value is -5.66. The summed E-state index contributed by atoms with van der Waals surface area (Å²) in [7, 11) is 0. The molecular formula is C40H30N4. The average Bonchev–Trinajstić information content (AvgIpc) is 3.50. The van der Waals surface area contributed by atoms with Crippen molar-refractivity contribution in [2.45, 2.75) is 27.7 Å². The summed E-state index contributed by atoms with van der Waals surface area (Å²) in [5.74, 6) is 0.866. The summed E-state index contributed by atoms with van der Waals surface area (Å²) in [6, 6.07) is 39.1. The molecule has 0 spiro atoms. The molecule has 0 atom stereocenters. The van der Waals surface area contributed by atoms with E-state index < -0.39 is 0 Å². The lowest BCUT2D eigenvalue weighted by atomic mass is 10.0. The molecule has 0 fully saturated rings. The molecule has 0 aliphatic carbocycles. The molecule has 8 rings (SSSR count). The normalized spacial score (nSPS) is 11.6. The van der Waals surface area contributed by atoms with Crippen LogP contribution in [0.1, 0.15) is 27.8 Å². The lowest BCUT2D eigenvalue weighted by Crippen LogP contribution is -2.08. The van der Waals surface area contributed by atoms with Gasteiger partial charge in [0, 0.05) is 33.3 Å². The van der Waals surface area contributed by atoms with Gasteiger partial charge in [-0.15, -0.1) is 0 Å². The van der Waals surface area contributed by atoms with Gasteiger partial charge in [0.05, 0.1) is 39.4 Å². The van der Waals surface area contributed by atoms with Gasteiger partial charge < -0.3 is 4.57 Å². The van der Waals surface area contributed by atoms with Gasteiger partial charge in [-0.2, -0.15) is 5.26 Å². The van der Waals surface area contributed by atoms with E-state index in [1.54, 1.807) is 0 Å². The molecule has 0 saturated heterocycles. The van der Waals surface area contributed by atoms with Gasteiger partial charge in [0.1, 0.15) is 0 Å². The maximum Gasteiger partial charge on any atom is 0.162 e. The van der Waals surface area contributed by atoms with Gasteiger partial charge in [0.2, 0.25) is 0 Å². The number of nitriles is 1. The lowest BCUT2D eigenvalue weighted by molar-refractivity contribution is 1.03. The average molecular weight is 567 g/mol. The maximum absolute atomic E-state index is 9.54. The summed E-state index contributed by atoms with van der Waals surface area (Å²) >= 11 is 0. The fourth-order valence-corrected chi connectivity index (χ4v) is 6.73. The Balaban J connectivity index is 1.61. The summed E-state index contributed by atoms with van der Waals surface area (Å²) in [6.07, 6.45) is 1.92. The quantitative estimate of drug-likeness (QED) is 0.214. The highest BCUT2D eigenvalue weighted by Crippen LogP contribution is 2.42. The molecule has 0 N–H and O–H groups in total. The van der Waals surface area contributed by atoms with Crippen LogP contribution in [0.3, 0.4) is 0 Å². The van der Waals surface area contributed by atoms with E-state index in [1.165, 1.54) is 43.8 Å². The second-order valence-electron chi connectivity index (χ2n) is 12.0. The van der Waals surface area contributed by atoms with Crippen LogP contribution < -0.4 is 0 Å². The second-order valence-corrected chi connectivity index (χ2v) is 12.0. The largest absolute Gasteiger partial charge is 0.305 e. The van der Waals surface area contributed by atoms with Crippen molar-refractivity contribution in [3.05, 3.63) is 137 Å². The third kappa shape index (κ3) is 3.87. The Bertz CT molecular complexity index is 2370. The first-order valence-corrected chi connectivity index (χ1v) is 14.9. The van der Waals surface area contributed by atoms with Crippen molar-refractivity contribution in [2.24, 2.45) is 0 Å². The highest BCUT2D eigenvalue weighted by molar-refractivity contribution is 6.12. The molecule has 4 heteroatoms. The van der Waals surface area contributed by atoms with Gasteiger partial charge in [-0.1, -0.05) is 60.7 Å². The van der Waals surface area contributed by atoms with Crippen LogP contribution >= 0.6 is 0 Å².